The summed E-state index contributed by atoms with van der Waals surface area (Å²) >= 11 is 0. The Balaban J connectivity index is 1.60. The number of carbonyl (C=O) groups excluding carboxylic acids is 1. The van der Waals surface area contributed by atoms with E-state index in [1.165, 1.54) is 16.4 Å². The van der Waals surface area contributed by atoms with Crippen LogP contribution < -0.4 is 10.1 Å². The van der Waals surface area contributed by atoms with Crippen LogP contribution in [0.15, 0.2) is 83.8 Å². The maximum absolute atomic E-state index is 12.8. The summed E-state index contributed by atoms with van der Waals surface area (Å²) in [6.45, 7) is 4.27. The van der Waals surface area contributed by atoms with Gasteiger partial charge in [0.2, 0.25) is 10.0 Å². The summed E-state index contributed by atoms with van der Waals surface area (Å²) in [7, 11) is -2.10. The van der Waals surface area contributed by atoms with Gasteiger partial charge in [-0.05, 0) is 47.4 Å². The first-order valence-corrected chi connectivity index (χ1v) is 11.8. The molecule has 1 amide bonds. The molecule has 0 aromatic heterocycles. The Kier molecular flexibility index (Phi) is 7.66. The minimum absolute atomic E-state index is 0.135. The second-order valence-corrected chi connectivity index (χ2v) is 9.85. The fraction of sp³-hybridized carbons (Fsp3) is 0.240. The summed E-state index contributed by atoms with van der Waals surface area (Å²) in [5.74, 6) is 0.643. The molecule has 0 saturated carbocycles. The first-order chi connectivity index (χ1) is 15.3. The largest absolute Gasteiger partial charge is 0.483 e. The zero-order chi connectivity index (χ0) is 23.1. The number of para-hydroxylation sites is 1. The lowest BCUT2D eigenvalue weighted by molar-refractivity contribution is -0.118. The number of sulfonamides is 1. The molecule has 3 aromatic carbocycles. The fourth-order valence-corrected chi connectivity index (χ4v) is 4.40. The lowest BCUT2D eigenvalue weighted by atomic mass is 10.0. The Morgan fingerprint density at radius 2 is 1.56 bits per heavy atom. The molecule has 0 bridgehead atoms. The molecule has 0 unspecified atom stereocenters. The van der Waals surface area contributed by atoms with Crippen LogP contribution in [0.2, 0.25) is 0 Å². The van der Waals surface area contributed by atoms with Gasteiger partial charge in [-0.2, -0.15) is 4.31 Å². The Labute approximate surface area is 189 Å². The van der Waals surface area contributed by atoms with Crippen molar-refractivity contribution >= 4 is 21.6 Å². The van der Waals surface area contributed by atoms with Crippen LogP contribution >= 0.6 is 0 Å². The van der Waals surface area contributed by atoms with Gasteiger partial charge in [0.05, 0.1) is 4.90 Å². The molecule has 0 atom stereocenters. The molecule has 32 heavy (non-hydrogen) atoms. The molecule has 0 fully saturated rings. The molecule has 7 heteroatoms. The summed E-state index contributed by atoms with van der Waals surface area (Å²) in [6.07, 6.45) is 0. The first kappa shape index (κ1) is 23.5. The Hall–Kier alpha value is -3.16. The Bertz CT molecular complexity index is 1140. The van der Waals surface area contributed by atoms with Gasteiger partial charge in [-0.1, -0.05) is 62.4 Å². The molecule has 0 aliphatic heterocycles. The van der Waals surface area contributed by atoms with Crippen LogP contribution in [0.5, 0.6) is 5.75 Å². The number of anilines is 1. The van der Waals surface area contributed by atoms with Gasteiger partial charge in [0, 0.05) is 19.3 Å². The number of amides is 1. The maximum atomic E-state index is 12.8. The number of nitrogens with zero attached hydrogens (tertiary/aromatic N) is 1. The predicted octanol–water partition coefficient (Wildman–Crippen LogP) is 4.65. The van der Waals surface area contributed by atoms with Crippen LogP contribution in [0.1, 0.15) is 30.9 Å². The van der Waals surface area contributed by atoms with Crippen LogP contribution in [-0.2, 0) is 21.4 Å². The van der Waals surface area contributed by atoms with Crippen molar-refractivity contribution in [2.75, 3.05) is 19.0 Å². The number of rotatable bonds is 9. The van der Waals surface area contributed by atoms with E-state index in [0.717, 1.165) is 11.1 Å². The minimum atomic E-state index is -3.65. The van der Waals surface area contributed by atoms with Gasteiger partial charge in [-0.15, -0.1) is 0 Å². The molecule has 168 valence electrons. The quantitative estimate of drug-likeness (QED) is 0.513. The molecule has 1 N–H and O–H groups in total. The Morgan fingerprint density at radius 1 is 0.938 bits per heavy atom. The number of carbonyl (C=O) groups is 1. The van der Waals surface area contributed by atoms with E-state index in [9.17, 15) is 13.2 Å². The highest BCUT2D eigenvalue weighted by Crippen LogP contribution is 2.26. The smallest absolute Gasteiger partial charge is 0.262 e. The third-order valence-electron chi connectivity index (χ3n) is 4.99. The number of ether oxygens (including phenoxy) is 1. The molecule has 0 aliphatic rings. The summed E-state index contributed by atoms with van der Waals surface area (Å²) < 4.78 is 32.7. The summed E-state index contributed by atoms with van der Waals surface area (Å²) in [5, 5.41) is 2.74. The van der Waals surface area contributed by atoms with Crippen molar-refractivity contribution in [3.05, 3.63) is 90.0 Å². The molecule has 0 saturated heterocycles. The fourth-order valence-electron chi connectivity index (χ4n) is 3.25. The summed E-state index contributed by atoms with van der Waals surface area (Å²) in [6, 6.07) is 23.1. The van der Waals surface area contributed by atoms with Crippen molar-refractivity contribution in [3.63, 3.8) is 0 Å². The number of nitrogens with one attached hydrogen (secondary N) is 1. The maximum Gasteiger partial charge on any atom is 0.262 e. The van der Waals surface area contributed by atoms with Crippen molar-refractivity contribution < 1.29 is 17.9 Å². The minimum Gasteiger partial charge on any atom is -0.483 e. The third kappa shape index (κ3) is 5.96. The van der Waals surface area contributed by atoms with Crippen molar-refractivity contribution in [3.8, 4) is 5.75 Å². The van der Waals surface area contributed by atoms with Gasteiger partial charge >= 0.3 is 0 Å². The van der Waals surface area contributed by atoms with E-state index in [4.69, 9.17) is 4.74 Å². The number of hydrogen-bond donors (Lipinski definition) is 1. The van der Waals surface area contributed by atoms with Crippen LogP contribution in [-0.4, -0.2) is 32.3 Å². The monoisotopic (exact) mass is 452 g/mol. The van der Waals surface area contributed by atoms with E-state index in [-0.39, 0.29) is 29.9 Å². The van der Waals surface area contributed by atoms with E-state index in [1.807, 2.05) is 54.6 Å². The third-order valence-corrected chi connectivity index (χ3v) is 6.81. The van der Waals surface area contributed by atoms with Gasteiger partial charge in [-0.25, -0.2) is 8.42 Å². The molecule has 3 rings (SSSR count). The standard InChI is InChI=1S/C25H28N2O4S/c1-19(2)23-11-7-8-12-24(23)31-18-25(28)26-21-13-15-22(16-14-21)32(29,30)27(3)17-20-9-5-4-6-10-20/h4-16,19H,17-18H2,1-3H3,(H,26,28). The zero-order valence-corrected chi connectivity index (χ0v) is 19.3. The highest BCUT2D eigenvalue weighted by Gasteiger charge is 2.21. The van der Waals surface area contributed by atoms with E-state index < -0.39 is 10.0 Å². The molecule has 0 spiro atoms. The average Bonchev–Trinajstić information content (AvgIpc) is 2.79. The van der Waals surface area contributed by atoms with E-state index >= 15 is 0 Å². The SMILES string of the molecule is CC(C)c1ccccc1OCC(=O)Nc1ccc(S(=O)(=O)N(C)Cc2ccccc2)cc1. The van der Waals surface area contributed by atoms with Crippen molar-refractivity contribution in [2.45, 2.75) is 31.2 Å². The average molecular weight is 453 g/mol. The zero-order valence-electron chi connectivity index (χ0n) is 18.5. The second kappa shape index (κ2) is 10.4. The topological polar surface area (TPSA) is 75.7 Å². The van der Waals surface area contributed by atoms with Gasteiger partial charge in [-0.3, -0.25) is 4.79 Å². The molecule has 3 aromatic rings. The molecular weight excluding hydrogens is 424 g/mol. The van der Waals surface area contributed by atoms with Crippen molar-refractivity contribution in [1.82, 2.24) is 4.31 Å². The second-order valence-electron chi connectivity index (χ2n) is 7.80. The van der Waals surface area contributed by atoms with Crippen LogP contribution in [0, 0.1) is 0 Å². The highest BCUT2D eigenvalue weighted by molar-refractivity contribution is 7.89. The number of benzene rings is 3. The van der Waals surface area contributed by atoms with Gasteiger partial charge in [0.25, 0.3) is 5.91 Å². The lowest BCUT2D eigenvalue weighted by Crippen LogP contribution is -2.26. The van der Waals surface area contributed by atoms with Crippen LogP contribution in [0.4, 0.5) is 5.69 Å². The highest BCUT2D eigenvalue weighted by atomic mass is 32.2. The summed E-state index contributed by atoms with van der Waals surface area (Å²) in [5.41, 5.74) is 2.44. The molecule has 0 radical (unpaired) electrons. The Morgan fingerprint density at radius 3 is 2.22 bits per heavy atom. The number of hydrogen-bond acceptors (Lipinski definition) is 4. The first-order valence-electron chi connectivity index (χ1n) is 10.4. The molecule has 0 heterocycles. The van der Waals surface area contributed by atoms with E-state index in [2.05, 4.69) is 19.2 Å². The van der Waals surface area contributed by atoms with Crippen LogP contribution in [0.25, 0.3) is 0 Å². The summed E-state index contributed by atoms with van der Waals surface area (Å²) in [4.78, 5) is 12.5. The van der Waals surface area contributed by atoms with Gasteiger partial charge < -0.3 is 10.1 Å². The lowest BCUT2D eigenvalue weighted by Gasteiger charge is -2.17. The molecule has 6 nitrogen and oxygen atoms in total. The van der Waals surface area contributed by atoms with Crippen molar-refractivity contribution in [1.29, 1.82) is 0 Å². The molecule has 0 aliphatic carbocycles. The van der Waals surface area contributed by atoms with Crippen molar-refractivity contribution in [2.24, 2.45) is 0 Å². The van der Waals surface area contributed by atoms with E-state index in [1.54, 1.807) is 19.2 Å². The van der Waals surface area contributed by atoms with Gasteiger partial charge in [0.15, 0.2) is 6.61 Å². The normalized spacial score (nSPS) is 11.5. The molecular formula is C25H28N2O4S. The van der Waals surface area contributed by atoms with E-state index in [0.29, 0.717) is 11.4 Å². The predicted molar refractivity (Wildman–Crippen MR) is 126 cm³/mol. The van der Waals surface area contributed by atoms with Crippen LogP contribution in [0.3, 0.4) is 0 Å². The van der Waals surface area contributed by atoms with Gasteiger partial charge in [0.1, 0.15) is 5.75 Å².